The molecule has 2 heteroatoms. The number of nitrogens with zero attached hydrogens (tertiary/aromatic N) is 1. The van der Waals surface area contributed by atoms with Crippen molar-refractivity contribution in [3.05, 3.63) is 0 Å². The Morgan fingerprint density at radius 1 is 1.00 bits per heavy atom. The summed E-state index contributed by atoms with van der Waals surface area (Å²) in [5.41, 5.74) is 6.11. The Bertz CT molecular complexity index is 206. The van der Waals surface area contributed by atoms with Gasteiger partial charge in [0.1, 0.15) is 0 Å². The van der Waals surface area contributed by atoms with E-state index >= 15 is 0 Å². The monoisotopic (exact) mass is 194 g/mol. The van der Waals surface area contributed by atoms with Gasteiger partial charge in [-0.05, 0) is 38.0 Å². The van der Waals surface area contributed by atoms with Crippen molar-refractivity contribution in [3.63, 3.8) is 0 Å². The van der Waals surface area contributed by atoms with Gasteiger partial charge in [-0.1, -0.05) is 12.8 Å². The summed E-state index contributed by atoms with van der Waals surface area (Å²) >= 11 is 0. The van der Waals surface area contributed by atoms with Crippen LogP contribution in [0.4, 0.5) is 0 Å². The van der Waals surface area contributed by atoms with Gasteiger partial charge in [0.25, 0.3) is 0 Å². The van der Waals surface area contributed by atoms with Gasteiger partial charge in [-0.25, -0.2) is 0 Å². The first kappa shape index (κ1) is 9.17. The summed E-state index contributed by atoms with van der Waals surface area (Å²) in [5.74, 6) is 0.990. The molecular formula is C12H22N2. The van der Waals surface area contributed by atoms with E-state index < -0.39 is 0 Å². The van der Waals surface area contributed by atoms with Gasteiger partial charge in [-0.2, -0.15) is 0 Å². The van der Waals surface area contributed by atoms with Crippen molar-refractivity contribution in [2.45, 2.75) is 63.1 Å². The van der Waals surface area contributed by atoms with Gasteiger partial charge in [0.2, 0.25) is 0 Å². The van der Waals surface area contributed by atoms with Crippen molar-refractivity contribution >= 4 is 0 Å². The molecule has 2 unspecified atom stereocenters. The number of hydrogen-bond acceptors (Lipinski definition) is 2. The minimum atomic E-state index is 0.473. The van der Waals surface area contributed by atoms with E-state index in [-0.39, 0.29) is 0 Å². The van der Waals surface area contributed by atoms with E-state index in [0.29, 0.717) is 6.04 Å². The lowest BCUT2D eigenvalue weighted by molar-refractivity contribution is 0.182. The molecular weight excluding hydrogens is 172 g/mol. The van der Waals surface area contributed by atoms with Crippen LogP contribution in [0.5, 0.6) is 0 Å². The highest BCUT2D eigenvalue weighted by Gasteiger charge is 2.43. The molecule has 0 amide bonds. The fourth-order valence-electron chi connectivity index (χ4n) is 3.56. The fourth-order valence-corrected chi connectivity index (χ4v) is 3.56. The number of hydrogen-bond donors (Lipinski definition) is 1. The second-order valence-corrected chi connectivity index (χ2v) is 5.54. The standard InChI is InChI=1S/C12H22N2/c13-10-7-12(9-3-1-2-4-9)14(8-10)11-5-6-11/h9-12H,1-8,13H2. The topological polar surface area (TPSA) is 29.3 Å². The molecule has 1 heterocycles. The van der Waals surface area contributed by atoms with Crippen LogP contribution in [0.15, 0.2) is 0 Å². The van der Waals surface area contributed by atoms with Crippen molar-refractivity contribution in [3.8, 4) is 0 Å². The smallest absolute Gasteiger partial charge is 0.0183 e. The minimum Gasteiger partial charge on any atom is -0.326 e. The third-order valence-corrected chi connectivity index (χ3v) is 4.38. The van der Waals surface area contributed by atoms with Crippen molar-refractivity contribution < 1.29 is 0 Å². The molecule has 0 aromatic heterocycles. The van der Waals surface area contributed by atoms with Crippen LogP contribution in [0.1, 0.15) is 44.9 Å². The predicted octanol–water partition coefficient (Wildman–Crippen LogP) is 1.74. The molecule has 1 saturated heterocycles. The molecule has 3 aliphatic rings. The van der Waals surface area contributed by atoms with Gasteiger partial charge < -0.3 is 5.73 Å². The van der Waals surface area contributed by atoms with Crippen LogP contribution in [0.2, 0.25) is 0 Å². The highest BCUT2D eigenvalue weighted by atomic mass is 15.2. The Balaban J connectivity index is 1.69. The molecule has 2 nitrogen and oxygen atoms in total. The number of nitrogens with two attached hydrogens (primary N) is 1. The molecule has 0 aromatic carbocycles. The lowest BCUT2D eigenvalue weighted by atomic mass is 9.95. The Hall–Kier alpha value is -0.0800. The fraction of sp³-hybridized carbons (Fsp3) is 1.00. The van der Waals surface area contributed by atoms with E-state index in [9.17, 15) is 0 Å². The van der Waals surface area contributed by atoms with Gasteiger partial charge in [0.05, 0.1) is 0 Å². The molecule has 80 valence electrons. The van der Waals surface area contributed by atoms with Crippen molar-refractivity contribution in [1.82, 2.24) is 4.90 Å². The predicted molar refractivity (Wildman–Crippen MR) is 58.1 cm³/mol. The quantitative estimate of drug-likeness (QED) is 0.725. The number of rotatable bonds is 2. The Morgan fingerprint density at radius 3 is 2.36 bits per heavy atom. The summed E-state index contributed by atoms with van der Waals surface area (Å²) in [6.07, 6.45) is 10.0. The molecule has 3 fully saturated rings. The van der Waals surface area contributed by atoms with Crippen LogP contribution < -0.4 is 5.73 Å². The van der Waals surface area contributed by atoms with E-state index in [1.807, 2.05) is 0 Å². The highest BCUT2D eigenvalue weighted by molar-refractivity contribution is 4.99. The van der Waals surface area contributed by atoms with E-state index in [1.165, 1.54) is 51.5 Å². The largest absolute Gasteiger partial charge is 0.326 e. The van der Waals surface area contributed by atoms with Crippen LogP contribution in [0.25, 0.3) is 0 Å². The van der Waals surface area contributed by atoms with E-state index in [0.717, 1.165) is 18.0 Å². The second kappa shape index (κ2) is 3.49. The van der Waals surface area contributed by atoms with Crippen LogP contribution in [0, 0.1) is 5.92 Å². The lowest BCUT2D eigenvalue weighted by Crippen LogP contribution is -2.36. The van der Waals surface area contributed by atoms with Crippen LogP contribution in [-0.2, 0) is 0 Å². The summed E-state index contributed by atoms with van der Waals surface area (Å²) < 4.78 is 0. The summed E-state index contributed by atoms with van der Waals surface area (Å²) in [6.45, 7) is 1.19. The van der Waals surface area contributed by atoms with Crippen LogP contribution in [0.3, 0.4) is 0 Å². The zero-order chi connectivity index (χ0) is 9.54. The summed E-state index contributed by atoms with van der Waals surface area (Å²) in [6, 6.07) is 2.26. The molecule has 0 radical (unpaired) electrons. The zero-order valence-electron chi connectivity index (χ0n) is 8.99. The average Bonchev–Trinajstić information content (AvgIpc) is 2.74. The second-order valence-electron chi connectivity index (χ2n) is 5.54. The van der Waals surface area contributed by atoms with Gasteiger partial charge in [-0.3, -0.25) is 4.90 Å². The van der Waals surface area contributed by atoms with E-state index in [1.54, 1.807) is 0 Å². The molecule has 2 saturated carbocycles. The Labute approximate surface area is 86.8 Å². The maximum Gasteiger partial charge on any atom is 0.0183 e. The molecule has 0 spiro atoms. The Kier molecular flexibility index (Phi) is 2.29. The maximum absolute atomic E-state index is 6.11. The zero-order valence-corrected chi connectivity index (χ0v) is 8.99. The van der Waals surface area contributed by atoms with Crippen molar-refractivity contribution in [2.75, 3.05) is 6.54 Å². The summed E-state index contributed by atoms with van der Waals surface area (Å²) in [5, 5.41) is 0. The minimum absolute atomic E-state index is 0.473. The van der Waals surface area contributed by atoms with Gasteiger partial charge in [0.15, 0.2) is 0 Å². The SMILES string of the molecule is NC1CC(C2CCCC2)N(C2CC2)C1. The number of likely N-dealkylation sites (tertiary alicyclic amines) is 1. The van der Waals surface area contributed by atoms with Crippen molar-refractivity contribution in [1.29, 1.82) is 0 Å². The maximum atomic E-state index is 6.11. The summed E-state index contributed by atoms with van der Waals surface area (Å²) in [7, 11) is 0. The Morgan fingerprint density at radius 2 is 1.71 bits per heavy atom. The first-order chi connectivity index (χ1) is 6.84. The molecule has 14 heavy (non-hydrogen) atoms. The van der Waals surface area contributed by atoms with E-state index in [4.69, 9.17) is 5.73 Å². The van der Waals surface area contributed by atoms with Gasteiger partial charge >= 0.3 is 0 Å². The molecule has 2 aliphatic carbocycles. The molecule has 0 bridgehead atoms. The van der Waals surface area contributed by atoms with E-state index in [2.05, 4.69) is 4.90 Å². The van der Waals surface area contributed by atoms with Crippen molar-refractivity contribution in [2.24, 2.45) is 11.7 Å². The van der Waals surface area contributed by atoms with Crippen LogP contribution in [-0.4, -0.2) is 29.6 Å². The molecule has 0 aromatic rings. The first-order valence-corrected chi connectivity index (χ1v) is 6.36. The third-order valence-electron chi connectivity index (χ3n) is 4.38. The van der Waals surface area contributed by atoms with Crippen LogP contribution >= 0.6 is 0 Å². The van der Waals surface area contributed by atoms with Gasteiger partial charge in [-0.15, -0.1) is 0 Å². The van der Waals surface area contributed by atoms with Gasteiger partial charge in [0, 0.05) is 24.7 Å². The first-order valence-electron chi connectivity index (χ1n) is 6.36. The molecule has 2 N–H and O–H groups in total. The summed E-state index contributed by atoms with van der Waals surface area (Å²) in [4.78, 5) is 2.75. The molecule has 1 aliphatic heterocycles. The normalized spacial score (nSPS) is 40.9. The average molecular weight is 194 g/mol. The molecule has 3 rings (SSSR count). The highest BCUT2D eigenvalue weighted by Crippen LogP contribution is 2.40. The molecule has 2 atom stereocenters. The third kappa shape index (κ3) is 1.59. The lowest BCUT2D eigenvalue weighted by Gasteiger charge is -2.28.